The van der Waals surface area contributed by atoms with Gasteiger partial charge in [0.05, 0.1) is 0 Å². The zero-order valence-electron chi connectivity index (χ0n) is 12.6. The highest BCUT2D eigenvalue weighted by molar-refractivity contribution is 5.94. The molecule has 1 rings (SSSR count). The Balaban J connectivity index is 2.89. The number of nitrogens with zero attached hydrogens (tertiary/aromatic N) is 1. The lowest BCUT2D eigenvalue weighted by atomic mass is 10.1. The molecular formula is C15H18F3NO4. The lowest BCUT2D eigenvalue weighted by Crippen LogP contribution is -2.39. The molecule has 0 fully saturated rings. The molecule has 1 aromatic rings. The van der Waals surface area contributed by atoms with Gasteiger partial charge in [0, 0.05) is 12.1 Å². The van der Waals surface area contributed by atoms with Crippen LogP contribution in [0.15, 0.2) is 24.3 Å². The summed E-state index contributed by atoms with van der Waals surface area (Å²) in [5, 5.41) is 8.54. The minimum Gasteiger partial charge on any atom is -0.482 e. The quantitative estimate of drug-likeness (QED) is 0.794. The van der Waals surface area contributed by atoms with Crippen LogP contribution in [0.4, 0.5) is 13.2 Å². The minimum atomic E-state index is -4.49. The Labute approximate surface area is 131 Å². The fraction of sp³-hybridized carbons (Fsp3) is 0.467. The summed E-state index contributed by atoms with van der Waals surface area (Å²) in [6.45, 7) is -0.114. The Morgan fingerprint density at radius 3 is 2.57 bits per heavy atom. The number of benzene rings is 1. The summed E-state index contributed by atoms with van der Waals surface area (Å²) in [6.07, 6.45) is -3.37. The Morgan fingerprint density at radius 1 is 1.30 bits per heavy atom. The van der Waals surface area contributed by atoms with Crippen LogP contribution in [0, 0.1) is 0 Å². The molecule has 0 bridgehead atoms. The molecule has 0 heterocycles. The van der Waals surface area contributed by atoms with E-state index in [1.165, 1.54) is 24.3 Å². The molecule has 1 amide bonds. The molecule has 8 heteroatoms. The van der Waals surface area contributed by atoms with Crippen LogP contribution in [0.3, 0.4) is 0 Å². The average molecular weight is 333 g/mol. The number of carboxylic acids is 1. The molecule has 0 aromatic heterocycles. The van der Waals surface area contributed by atoms with Gasteiger partial charge in [-0.1, -0.05) is 19.4 Å². The van der Waals surface area contributed by atoms with Crippen LogP contribution in [-0.2, 0) is 4.79 Å². The number of halogens is 3. The number of hydrogen-bond acceptors (Lipinski definition) is 3. The number of carbonyl (C=O) groups excluding carboxylic acids is 1. The van der Waals surface area contributed by atoms with Crippen LogP contribution in [0.25, 0.3) is 0 Å². The summed E-state index contributed by atoms with van der Waals surface area (Å²) in [6, 6.07) is 5.46. The first-order valence-corrected chi connectivity index (χ1v) is 7.03. The van der Waals surface area contributed by atoms with E-state index in [1.807, 2.05) is 6.92 Å². The molecule has 1 N–H and O–H groups in total. The van der Waals surface area contributed by atoms with Crippen molar-refractivity contribution >= 4 is 11.9 Å². The Kier molecular flexibility index (Phi) is 6.87. The van der Waals surface area contributed by atoms with Crippen LogP contribution in [0.1, 0.15) is 30.1 Å². The standard InChI is InChI=1S/C15H18F3NO4/c1-2-3-7-19(10-15(16,17)18)14(22)11-5-4-6-12(8-11)23-9-13(20)21/h4-6,8H,2-3,7,9-10H2,1H3,(H,20,21). The predicted molar refractivity (Wildman–Crippen MR) is 76.4 cm³/mol. The van der Waals surface area contributed by atoms with Crippen molar-refractivity contribution in [3.8, 4) is 5.75 Å². The van der Waals surface area contributed by atoms with Gasteiger partial charge < -0.3 is 14.7 Å². The summed E-state index contributed by atoms with van der Waals surface area (Å²) in [4.78, 5) is 23.5. The summed E-state index contributed by atoms with van der Waals surface area (Å²) >= 11 is 0. The molecule has 128 valence electrons. The molecule has 5 nitrogen and oxygen atoms in total. The third kappa shape index (κ3) is 7.03. The van der Waals surface area contributed by atoms with Gasteiger partial charge in [-0.25, -0.2) is 4.79 Å². The molecule has 0 saturated carbocycles. The van der Waals surface area contributed by atoms with Crippen LogP contribution < -0.4 is 4.74 Å². The fourth-order valence-corrected chi connectivity index (χ4v) is 1.86. The van der Waals surface area contributed by atoms with Gasteiger partial charge in [0.15, 0.2) is 6.61 Å². The van der Waals surface area contributed by atoms with E-state index < -0.39 is 31.2 Å². The molecule has 23 heavy (non-hydrogen) atoms. The summed E-state index contributed by atoms with van der Waals surface area (Å²) in [7, 11) is 0. The van der Waals surface area contributed by atoms with E-state index >= 15 is 0 Å². The predicted octanol–water partition coefficient (Wildman–Crippen LogP) is 2.95. The molecule has 0 aliphatic rings. The van der Waals surface area contributed by atoms with Crippen LogP contribution >= 0.6 is 0 Å². The number of carbonyl (C=O) groups is 2. The van der Waals surface area contributed by atoms with E-state index in [4.69, 9.17) is 9.84 Å². The number of rotatable bonds is 8. The van der Waals surface area contributed by atoms with E-state index in [2.05, 4.69) is 0 Å². The molecule has 0 radical (unpaired) electrons. The maximum atomic E-state index is 12.6. The molecule has 0 aliphatic carbocycles. The zero-order valence-corrected chi connectivity index (χ0v) is 12.6. The van der Waals surface area contributed by atoms with Gasteiger partial charge in [0.1, 0.15) is 12.3 Å². The van der Waals surface area contributed by atoms with Gasteiger partial charge in [-0.2, -0.15) is 13.2 Å². The topological polar surface area (TPSA) is 66.8 Å². The molecule has 0 atom stereocenters. The third-order valence-corrected chi connectivity index (χ3v) is 2.88. The van der Waals surface area contributed by atoms with E-state index in [0.717, 1.165) is 4.90 Å². The number of hydrogen-bond donors (Lipinski definition) is 1. The van der Waals surface area contributed by atoms with Crippen molar-refractivity contribution in [2.75, 3.05) is 19.7 Å². The second-order valence-corrected chi connectivity index (χ2v) is 4.91. The van der Waals surface area contributed by atoms with Crippen LogP contribution in [0.2, 0.25) is 0 Å². The second kappa shape index (κ2) is 8.40. The first-order valence-electron chi connectivity index (χ1n) is 7.03. The van der Waals surface area contributed by atoms with Crippen LogP contribution in [0.5, 0.6) is 5.75 Å². The summed E-state index contributed by atoms with van der Waals surface area (Å²) in [5.74, 6) is -1.85. The van der Waals surface area contributed by atoms with Crippen molar-refractivity contribution in [3.05, 3.63) is 29.8 Å². The number of unbranched alkanes of at least 4 members (excludes halogenated alkanes) is 1. The van der Waals surface area contributed by atoms with Crippen molar-refractivity contribution in [2.45, 2.75) is 25.9 Å². The first kappa shape index (κ1) is 18.8. The summed E-state index contributed by atoms with van der Waals surface area (Å²) < 4.78 is 42.8. The SMILES string of the molecule is CCCCN(CC(F)(F)F)C(=O)c1cccc(OCC(=O)O)c1. The number of aliphatic carboxylic acids is 1. The number of carboxylic acid groups (broad SMARTS) is 1. The highest BCUT2D eigenvalue weighted by Gasteiger charge is 2.33. The van der Waals surface area contributed by atoms with Gasteiger partial charge >= 0.3 is 12.1 Å². The lowest BCUT2D eigenvalue weighted by molar-refractivity contribution is -0.141. The first-order chi connectivity index (χ1) is 10.7. The smallest absolute Gasteiger partial charge is 0.406 e. The van der Waals surface area contributed by atoms with Crippen LogP contribution in [-0.4, -0.2) is 47.8 Å². The van der Waals surface area contributed by atoms with Gasteiger partial charge in [0.25, 0.3) is 5.91 Å². The largest absolute Gasteiger partial charge is 0.482 e. The lowest BCUT2D eigenvalue weighted by Gasteiger charge is -2.24. The van der Waals surface area contributed by atoms with Crippen molar-refractivity contribution in [2.24, 2.45) is 0 Å². The zero-order chi connectivity index (χ0) is 17.5. The molecule has 1 aromatic carbocycles. The maximum absolute atomic E-state index is 12.6. The molecular weight excluding hydrogens is 315 g/mol. The number of alkyl halides is 3. The molecule has 0 aliphatic heterocycles. The fourth-order valence-electron chi connectivity index (χ4n) is 1.86. The highest BCUT2D eigenvalue weighted by Crippen LogP contribution is 2.20. The van der Waals surface area contributed by atoms with Gasteiger partial charge in [0.2, 0.25) is 0 Å². The average Bonchev–Trinajstić information content (AvgIpc) is 2.48. The Bertz CT molecular complexity index is 546. The second-order valence-electron chi connectivity index (χ2n) is 4.91. The maximum Gasteiger partial charge on any atom is 0.406 e. The van der Waals surface area contributed by atoms with Gasteiger partial charge in [-0.3, -0.25) is 4.79 Å². The Hall–Kier alpha value is -2.25. The van der Waals surface area contributed by atoms with Crippen molar-refractivity contribution in [1.82, 2.24) is 4.90 Å². The molecule has 0 unspecified atom stereocenters. The molecule has 0 spiro atoms. The van der Waals surface area contributed by atoms with E-state index in [0.29, 0.717) is 12.8 Å². The summed E-state index contributed by atoms with van der Waals surface area (Å²) in [5.41, 5.74) is 0.0215. The Morgan fingerprint density at radius 2 is 2.00 bits per heavy atom. The third-order valence-electron chi connectivity index (χ3n) is 2.88. The van der Waals surface area contributed by atoms with Crippen molar-refractivity contribution in [3.63, 3.8) is 0 Å². The number of ether oxygens (including phenoxy) is 1. The normalized spacial score (nSPS) is 11.1. The van der Waals surface area contributed by atoms with E-state index in [-0.39, 0.29) is 17.9 Å². The van der Waals surface area contributed by atoms with Crippen molar-refractivity contribution < 1.29 is 32.6 Å². The molecule has 0 saturated heterocycles. The monoisotopic (exact) mass is 333 g/mol. The minimum absolute atomic E-state index is 0.00491. The highest BCUT2D eigenvalue weighted by atomic mass is 19.4. The van der Waals surface area contributed by atoms with Crippen molar-refractivity contribution in [1.29, 1.82) is 0 Å². The van der Waals surface area contributed by atoms with Gasteiger partial charge in [-0.15, -0.1) is 0 Å². The van der Waals surface area contributed by atoms with E-state index in [9.17, 15) is 22.8 Å². The number of amides is 1. The van der Waals surface area contributed by atoms with E-state index in [1.54, 1.807) is 0 Å². The van der Waals surface area contributed by atoms with Gasteiger partial charge in [-0.05, 0) is 24.6 Å².